The van der Waals surface area contributed by atoms with Gasteiger partial charge in [0.15, 0.2) is 0 Å². The Labute approximate surface area is 111 Å². The molecule has 2 N–H and O–H groups in total. The number of benzene rings is 1. The van der Waals surface area contributed by atoms with Crippen molar-refractivity contribution < 1.29 is 0 Å². The molecule has 0 aliphatic heterocycles. The molecule has 0 radical (unpaired) electrons. The summed E-state index contributed by atoms with van der Waals surface area (Å²) in [6.07, 6.45) is 2.38. The van der Waals surface area contributed by atoms with E-state index in [2.05, 4.69) is 41.2 Å². The number of hydrogen-bond acceptors (Lipinski definition) is 4. The molecule has 1 heterocycles. The third-order valence-electron chi connectivity index (χ3n) is 2.89. The van der Waals surface area contributed by atoms with E-state index < -0.39 is 0 Å². The quantitative estimate of drug-likeness (QED) is 0.856. The fourth-order valence-corrected chi connectivity index (χ4v) is 2.79. The Hall–Kier alpha value is -1.55. The second-order valence-electron chi connectivity index (χ2n) is 4.68. The highest BCUT2D eigenvalue weighted by Gasteiger charge is 2.27. The third-order valence-corrected chi connectivity index (χ3v) is 3.80. The van der Waals surface area contributed by atoms with E-state index in [0.717, 1.165) is 10.9 Å². The Bertz CT molecular complexity index is 579. The number of nitrogens with two attached hydrogens (primary N) is 1. The molecule has 1 saturated carbocycles. The average molecular weight is 257 g/mol. The fraction of sp³-hybridized carbons (Fsp3) is 0.286. The van der Waals surface area contributed by atoms with Crippen molar-refractivity contribution in [2.24, 2.45) is 0 Å². The largest absolute Gasteiger partial charge is 0.384 e. The minimum absolute atomic E-state index is 0.533. The minimum Gasteiger partial charge on any atom is -0.384 e. The maximum absolute atomic E-state index is 5.84. The van der Waals surface area contributed by atoms with Crippen molar-refractivity contribution in [1.29, 1.82) is 0 Å². The Kier molecular flexibility index (Phi) is 2.96. The van der Waals surface area contributed by atoms with Crippen molar-refractivity contribution in [3.63, 3.8) is 0 Å². The molecule has 2 aromatic rings. The SMILES string of the molecule is Cc1cccc(Sc2cc(N)nc(C3CC3)n2)c1. The lowest BCUT2D eigenvalue weighted by atomic mass is 10.2. The molecule has 1 aromatic heterocycles. The Morgan fingerprint density at radius 3 is 2.78 bits per heavy atom. The maximum Gasteiger partial charge on any atom is 0.135 e. The normalized spacial score (nSPS) is 14.7. The highest BCUT2D eigenvalue weighted by molar-refractivity contribution is 7.99. The second kappa shape index (κ2) is 4.61. The van der Waals surface area contributed by atoms with Crippen molar-refractivity contribution in [3.8, 4) is 0 Å². The summed E-state index contributed by atoms with van der Waals surface area (Å²) in [5.74, 6) is 2.01. The van der Waals surface area contributed by atoms with Gasteiger partial charge in [-0.3, -0.25) is 0 Å². The monoisotopic (exact) mass is 257 g/mol. The van der Waals surface area contributed by atoms with Crippen molar-refractivity contribution in [2.45, 2.75) is 35.6 Å². The second-order valence-corrected chi connectivity index (χ2v) is 5.78. The molecule has 0 spiro atoms. The van der Waals surface area contributed by atoms with E-state index in [1.807, 2.05) is 6.07 Å². The lowest BCUT2D eigenvalue weighted by Crippen LogP contribution is -1.99. The molecule has 3 rings (SSSR count). The highest BCUT2D eigenvalue weighted by Crippen LogP contribution is 2.39. The van der Waals surface area contributed by atoms with Crippen LogP contribution in [0.2, 0.25) is 0 Å². The fourth-order valence-electron chi connectivity index (χ4n) is 1.84. The van der Waals surface area contributed by atoms with Crippen LogP contribution in [0.1, 0.15) is 30.1 Å². The molecular weight excluding hydrogens is 242 g/mol. The predicted octanol–water partition coefficient (Wildman–Crippen LogP) is 3.40. The third kappa shape index (κ3) is 2.64. The van der Waals surface area contributed by atoms with E-state index in [-0.39, 0.29) is 0 Å². The van der Waals surface area contributed by atoms with Gasteiger partial charge in [0, 0.05) is 16.9 Å². The van der Waals surface area contributed by atoms with Gasteiger partial charge in [-0.1, -0.05) is 29.5 Å². The molecule has 0 bridgehead atoms. The number of aryl methyl sites for hydroxylation is 1. The molecule has 0 saturated heterocycles. The average Bonchev–Trinajstić information content (AvgIpc) is 3.11. The lowest BCUT2D eigenvalue weighted by Gasteiger charge is -2.05. The van der Waals surface area contributed by atoms with Crippen molar-refractivity contribution in [3.05, 3.63) is 41.7 Å². The lowest BCUT2D eigenvalue weighted by molar-refractivity contribution is 0.884. The number of rotatable bonds is 3. The van der Waals surface area contributed by atoms with Gasteiger partial charge in [0.1, 0.15) is 16.7 Å². The van der Waals surface area contributed by atoms with Gasteiger partial charge < -0.3 is 5.73 Å². The highest BCUT2D eigenvalue weighted by atomic mass is 32.2. The maximum atomic E-state index is 5.84. The first-order valence-corrected chi connectivity index (χ1v) is 6.91. The van der Waals surface area contributed by atoms with Crippen LogP contribution in [0.5, 0.6) is 0 Å². The molecule has 0 amide bonds. The van der Waals surface area contributed by atoms with Gasteiger partial charge in [-0.25, -0.2) is 9.97 Å². The summed E-state index contributed by atoms with van der Waals surface area (Å²) in [5.41, 5.74) is 7.10. The van der Waals surface area contributed by atoms with Crippen LogP contribution in [0.25, 0.3) is 0 Å². The summed E-state index contributed by atoms with van der Waals surface area (Å²) in [6.45, 7) is 2.09. The van der Waals surface area contributed by atoms with Gasteiger partial charge in [-0.2, -0.15) is 0 Å². The summed E-state index contributed by atoms with van der Waals surface area (Å²) in [7, 11) is 0. The van der Waals surface area contributed by atoms with E-state index in [0.29, 0.717) is 11.7 Å². The smallest absolute Gasteiger partial charge is 0.135 e. The Morgan fingerprint density at radius 2 is 2.06 bits per heavy atom. The molecular formula is C14H15N3S. The first-order chi connectivity index (χ1) is 8.70. The standard InChI is InChI=1S/C14H15N3S/c1-9-3-2-4-11(7-9)18-13-8-12(15)16-14(17-13)10-5-6-10/h2-4,7-8,10H,5-6H2,1H3,(H2,15,16,17). The molecule has 4 heteroatoms. The molecule has 0 atom stereocenters. The summed E-state index contributed by atoms with van der Waals surface area (Å²) in [4.78, 5) is 10.1. The zero-order chi connectivity index (χ0) is 12.5. The van der Waals surface area contributed by atoms with Crippen LogP contribution in [-0.4, -0.2) is 9.97 Å². The Balaban J connectivity index is 1.87. The zero-order valence-electron chi connectivity index (χ0n) is 10.3. The van der Waals surface area contributed by atoms with E-state index in [1.165, 1.54) is 23.3 Å². The summed E-state index contributed by atoms with van der Waals surface area (Å²) in [5, 5.41) is 0.940. The van der Waals surface area contributed by atoms with Gasteiger partial charge >= 0.3 is 0 Å². The molecule has 1 aliphatic rings. The topological polar surface area (TPSA) is 51.8 Å². The van der Waals surface area contributed by atoms with Crippen LogP contribution in [0, 0.1) is 6.92 Å². The number of anilines is 1. The predicted molar refractivity (Wildman–Crippen MR) is 73.7 cm³/mol. The van der Waals surface area contributed by atoms with Crippen LogP contribution in [0.3, 0.4) is 0 Å². The van der Waals surface area contributed by atoms with E-state index in [1.54, 1.807) is 11.8 Å². The van der Waals surface area contributed by atoms with Gasteiger partial charge in [0.25, 0.3) is 0 Å². The molecule has 1 fully saturated rings. The molecule has 0 unspecified atom stereocenters. The minimum atomic E-state index is 0.533. The van der Waals surface area contributed by atoms with E-state index in [4.69, 9.17) is 5.73 Å². The van der Waals surface area contributed by atoms with Crippen LogP contribution in [0.4, 0.5) is 5.82 Å². The van der Waals surface area contributed by atoms with Crippen molar-refractivity contribution in [1.82, 2.24) is 9.97 Å². The molecule has 1 aliphatic carbocycles. The molecule has 3 nitrogen and oxygen atoms in total. The van der Waals surface area contributed by atoms with Gasteiger partial charge in [-0.05, 0) is 31.9 Å². The number of nitrogen functional groups attached to an aromatic ring is 1. The van der Waals surface area contributed by atoms with E-state index >= 15 is 0 Å². The molecule has 92 valence electrons. The number of hydrogen-bond donors (Lipinski definition) is 1. The summed E-state index contributed by atoms with van der Waals surface area (Å²) < 4.78 is 0. The first kappa shape index (κ1) is 11.5. The molecule has 1 aromatic carbocycles. The van der Waals surface area contributed by atoms with Gasteiger partial charge in [0.2, 0.25) is 0 Å². The number of aromatic nitrogens is 2. The van der Waals surface area contributed by atoms with Crippen LogP contribution >= 0.6 is 11.8 Å². The molecule has 18 heavy (non-hydrogen) atoms. The van der Waals surface area contributed by atoms with Crippen molar-refractivity contribution >= 4 is 17.6 Å². The zero-order valence-corrected chi connectivity index (χ0v) is 11.1. The van der Waals surface area contributed by atoms with E-state index in [9.17, 15) is 0 Å². The first-order valence-electron chi connectivity index (χ1n) is 6.10. The van der Waals surface area contributed by atoms with Crippen LogP contribution in [0.15, 0.2) is 40.3 Å². The van der Waals surface area contributed by atoms with Gasteiger partial charge in [0.05, 0.1) is 0 Å². The van der Waals surface area contributed by atoms with Crippen LogP contribution in [-0.2, 0) is 0 Å². The number of nitrogens with zero attached hydrogens (tertiary/aromatic N) is 2. The Morgan fingerprint density at radius 1 is 1.22 bits per heavy atom. The van der Waals surface area contributed by atoms with Crippen LogP contribution < -0.4 is 5.73 Å². The van der Waals surface area contributed by atoms with Gasteiger partial charge in [-0.15, -0.1) is 0 Å². The van der Waals surface area contributed by atoms with Crippen molar-refractivity contribution in [2.75, 3.05) is 5.73 Å². The summed E-state index contributed by atoms with van der Waals surface area (Å²) in [6, 6.07) is 10.2. The summed E-state index contributed by atoms with van der Waals surface area (Å²) >= 11 is 1.64.